The van der Waals surface area contributed by atoms with E-state index in [9.17, 15) is 19.5 Å². The summed E-state index contributed by atoms with van der Waals surface area (Å²) in [5.74, 6) is -1.13. The molecule has 37 heavy (non-hydrogen) atoms. The Labute approximate surface area is 215 Å². The zero-order valence-corrected chi connectivity index (χ0v) is 21.0. The van der Waals surface area contributed by atoms with Crippen molar-refractivity contribution in [2.45, 2.75) is 25.9 Å². The van der Waals surface area contributed by atoms with Crippen LogP contribution in [0, 0.1) is 5.92 Å². The molecule has 1 aliphatic rings. The van der Waals surface area contributed by atoms with Gasteiger partial charge in [-0.05, 0) is 43.7 Å². The molecule has 0 amide bonds. The first-order chi connectivity index (χ1) is 17.9. The van der Waals surface area contributed by atoms with Gasteiger partial charge < -0.3 is 14.3 Å². The highest BCUT2D eigenvalue weighted by molar-refractivity contribution is 7.07. The number of hydrogen-bond acceptors (Lipinski definition) is 7. The first-order valence-corrected chi connectivity index (χ1v) is 12.6. The second-order valence-electron chi connectivity index (χ2n) is 8.66. The third-order valence-corrected chi connectivity index (χ3v) is 7.28. The molecule has 2 aromatic carbocycles. The van der Waals surface area contributed by atoms with Gasteiger partial charge in [-0.15, -0.1) is 0 Å². The molecular weight excluding hydrogens is 492 g/mol. The predicted octanol–water partition coefficient (Wildman–Crippen LogP) is 3.49. The molecule has 188 valence electrons. The van der Waals surface area contributed by atoms with E-state index < -0.39 is 17.9 Å². The lowest BCUT2D eigenvalue weighted by Gasteiger charge is -2.32. The molecule has 0 saturated heterocycles. The lowest BCUT2D eigenvalue weighted by molar-refractivity contribution is -0.150. The number of hydrogen-bond donors (Lipinski definition) is 1. The minimum Gasteiger partial charge on any atom is -0.478 e. The summed E-state index contributed by atoms with van der Waals surface area (Å²) < 4.78 is 13.3. The van der Waals surface area contributed by atoms with E-state index in [0.29, 0.717) is 26.4 Å². The van der Waals surface area contributed by atoms with Gasteiger partial charge in [-0.3, -0.25) is 19.1 Å². The average molecular weight is 517 g/mol. The molecule has 0 spiro atoms. The Morgan fingerprint density at radius 1 is 1.14 bits per heavy atom. The Morgan fingerprint density at radius 3 is 2.65 bits per heavy atom. The number of aromatic carboxylic acids is 1. The second kappa shape index (κ2) is 10.0. The van der Waals surface area contributed by atoms with Crippen molar-refractivity contribution in [3.05, 3.63) is 103 Å². The zero-order chi connectivity index (χ0) is 26.1. The normalized spacial score (nSPS) is 19.2. The first-order valence-electron chi connectivity index (χ1n) is 11.8. The molecule has 0 bridgehead atoms. The fraction of sp³-hybridized carbons (Fsp3) is 0.214. The van der Waals surface area contributed by atoms with Crippen molar-refractivity contribution in [1.29, 1.82) is 0 Å². The van der Waals surface area contributed by atoms with Crippen molar-refractivity contribution >= 4 is 29.4 Å². The Hall–Kier alpha value is -4.24. The summed E-state index contributed by atoms with van der Waals surface area (Å²) >= 11 is 1.24. The summed E-state index contributed by atoms with van der Waals surface area (Å²) in [6.45, 7) is 3.85. The average Bonchev–Trinajstić information content (AvgIpc) is 3.48. The highest BCUT2D eigenvalue weighted by Crippen LogP contribution is 2.32. The van der Waals surface area contributed by atoms with E-state index in [1.807, 2.05) is 37.3 Å². The van der Waals surface area contributed by atoms with Crippen molar-refractivity contribution < 1.29 is 23.8 Å². The number of furan rings is 1. The molecule has 4 aromatic rings. The lowest BCUT2D eigenvalue weighted by atomic mass is 9.86. The molecule has 0 aliphatic carbocycles. The summed E-state index contributed by atoms with van der Waals surface area (Å²) in [6, 6.07) is 18.4. The number of carbonyl (C=O) groups is 2. The van der Waals surface area contributed by atoms with E-state index in [1.165, 1.54) is 23.5 Å². The van der Waals surface area contributed by atoms with E-state index >= 15 is 0 Å². The molecule has 8 nitrogen and oxygen atoms in total. The number of benzene rings is 2. The van der Waals surface area contributed by atoms with E-state index in [0.717, 1.165) is 5.56 Å². The monoisotopic (exact) mass is 516 g/mol. The summed E-state index contributed by atoms with van der Waals surface area (Å²) in [4.78, 5) is 43.1. The van der Waals surface area contributed by atoms with Gasteiger partial charge in [-0.2, -0.15) is 0 Å². The van der Waals surface area contributed by atoms with E-state index in [4.69, 9.17) is 9.15 Å². The molecule has 3 atom stereocenters. The first kappa shape index (κ1) is 24.5. The number of carboxylic acid groups (broad SMARTS) is 1. The third kappa shape index (κ3) is 4.65. The predicted molar refractivity (Wildman–Crippen MR) is 138 cm³/mol. The number of thiazole rings is 1. The number of esters is 1. The summed E-state index contributed by atoms with van der Waals surface area (Å²) in [7, 11) is 0. The van der Waals surface area contributed by atoms with Crippen LogP contribution < -0.4 is 14.9 Å². The van der Waals surface area contributed by atoms with Gasteiger partial charge in [0, 0.05) is 11.6 Å². The smallest absolute Gasteiger partial charge is 0.335 e. The van der Waals surface area contributed by atoms with Gasteiger partial charge in [-0.1, -0.05) is 53.8 Å². The highest BCUT2D eigenvalue weighted by Gasteiger charge is 2.41. The van der Waals surface area contributed by atoms with E-state index in [1.54, 1.807) is 41.8 Å². The molecule has 5 rings (SSSR count). The van der Waals surface area contributed by atoms with Gasteiger partial charge in [0.05, 0.1) is 28.8 Å². The van der Waals surface area contributed by atoms with Gasteiger partial charge in [-0.25, -0.2) is 4.79 Å². The van der Waals surface area contributed by atoms with Crippen molar-refractivity contribution in [3.63, 3.8) is 0 Å². The molecule has 0 saturated carbocycles. The fourth-order valence-corrected chi connectivity index (χ4v) is 5.66. The molecule has 0 radical (unpaired) electrons. The van der Waals surface area contributed by atoms with Gasteiger partial charge in [0.2, 0.25) is 0 Å². The van der Waals surface area contributed by atoms with Crippen LogP contribution in [-0.4, -0.2) is 34.3 Å². The number of carboxylic acids is 1. The molecule has 1 aliphatic heterocycles. The molecular formula is C28H24N2O6S. The summed E-state index contributed by atoms with van der Waals surface area (Å²) in [5.41, 5.74) is 1.33. The molecule has 1 N–H and O–H groups in total. The van der Waals surface area contributed by atoms with Crippen molar-refractivity contribution in [2.75, 3.05) is 6.61 Å². The molecule has 0 fully saturated rings. The van der Waals surface area contributed by atoms with Crippen molar-refractivity contribution in [2.24, 2.45) is 10.9 Å². The maximum absolute atomic E-state index is 13.7. The van der Waals surface area contributed by atoms with E-state index in [2.05, 4.69) is 4.99 Å². The minimum atomic E-state index is -1.02. The van der Waals surface area contributed by atoms with E-state index in [-0.39, 0.29) is 29.7 Å². The van der Waals surface area contributed by atoms with Crippen LogP contribution in [0.1, 0.15) is 41.6 Å². The lowest BCUT2D eigenvalue weighted by Crippen LogP contribution is -2.47. The Morgan fingerprint density at radius 2 is 1.92 bits per heavy atom. The van der Waals surface area contributed by atoms with Crippen molar-refractivity contribution in [3.8, 4) is 11.3 Å². The standard InChI is InChI=1S/C28H24N2O6S/c1-3-35-27(34)23-16(2)29-28-30(24(23)17-8-5-4-6-9-17)25(31)22(37-28)15-20-12-13-21(36-20)18-10-7-11-19(14-18)26(32)33/h4-16,23-24H,3H2,1-2H3,(H,32,33). The van der Waals surface area contributed by atoms with Crippen LogP contribution in [0.25, 0.3) is 17.4 Å². The van der Waals surface area contributed by atoms with Gasteiger partial charge in [0.25, 0.3) is 5.56 Å². The summed E-state index contributed by atoms with van der Waals surface area (Å²) in [6.07, 6.45) is 1.64. The molecule has 3 heterocycles. The number of carbonyl (C=O) groups excluding carboxylic acids is 1. The van der Waals surface area contributed by atoms with Crippen LogP contribution in [0.3, 0.4) is 0 Å². The SMILES string of the molecule is CCOC(=O)C1C(C)N=c2sc(=Cc3ccc(-c4cccc(C(=O)O)c4)o3)c(=O)n2C1c1ccccc1. The number of fused-ring (bicyclic) bond motifs is 1. The quantitative estimate of drug-likeness (QED) is 0.393. The van der Waals surface area contributed by atoms with Gasteiger partial charge in [0.1, 0.15) is 17.4 Å². The third-order valence-electron chi connectivity index (χ3n) is 6.28. The Bertz CT molecular complexity index is 1650. The number of nitrogens with zero attached hydrogens (tertiary/aromatic N) is 2. The number of rotatable bonds is 6. The van der Waals surface area contributed by atoms with Crippen LogP contribution >= 0.6 is 11.3 Å². The highest BCUT2D eigenvalue weighted by atomic mass is 32.1. The van der Waals surface area contributed by atoms with Crippen LogP contribution in [-0.2, 0) is 9.53 Å². The molecule has 9 heteroatoms. The van der Waals surface area contributed by atoms with Crippen LogP contribution in [0.15, 0.2) is 80.9 Å². The topological polar surface area (TPSA) is 111 Å². The van der Waals surface area contributed by atoms with Crippen LogP contribution in [0.4, 0.5) is 0 Å². The van der Waals surface area contributed by atoms with Crippen LogP contribution in [0.2, 0.25) is 0 Å². The maximum Gasteiger partial charge on any atom is 0.335 e. The second-order valence-corrected chi connectivity index (χ2v) is 9.67. The Kier molecular flexibility index (Phi) is 6.62. The van der Waals surface area contributed by atoms with Crippen molar-refractivity contribution in [1.82, 2.24) is 4.57 Å². The van der Waals surface area contributed by atoms with Gasteiger partial charge >= 0.3 is 11.9 Å². The Balaban J connectivity index is 1.60. The maximum atomic E-state index is 13.7. The molecule has 2 aromatic heterocycles. The summed E-state index contributed by atoms with van der Waals surface area (Å²) in [5, 5.41) is 9.26. The number of ether oxygens (including phenoxy) is 1. The fourth-order valence-electron chi connectivity index (χ4n) is 4.59. The zero-order valence-electron chi connectivity index (χ0n) is 20.2. The largest absolute Gasteiger partial charge is 0.478 e. The minimum absolute atomic E-state index is 0.155. The molecule has 3 unspecified atom stereocenters. The van der Waals surface area contributed by atoms with Gasteiger partial charge in [0.15, 0.2) is 4.80 Å². The van der Waals surface area contributed by atoms with Crippen LogP contribution in [0.5, 0.6) is 0 Å². The number of aromatic nitrogens is 1.